The molecule has 0 saturated heterocycles. The average Bonchev–Trinajstić information content (AvgIpc) is 3.02. The molecule has 6 heteroatoms. The lowest BCUT2D eigenvalue weighted by molar-refractivity contribution is -0.147. The molecule has 1 fully saturated rings. The van der Waals surface area contributed by atoms with E-state index >= 15 is 0 Å². The molecule has 132 valence electrons. The third-order valence-corrected chi connectivity index (χ3v) is 4.61. The summed E-state index contributed by atoms with van der Waals surface area (Å²) in [4.78, 5) is 12.2. The Bertz CT molecular complexity index is 689. The van der Waals surface area contributed by atoms with Crippen molar-refractivity contribution >= 4 is 5.97 Å². The van der Waals surface area contributed by atoms with Gasteiger partial charge in [0.05, 0.1) is 11.5 Å². The Balaban J connectivity index is 2.16. The quantitative estimate of drug-likeness (QED) is 0.338. The second-order valence-corrected chi connectivity index (χ2v) is 7.04. The smallest absolute Gasteiger partial charge is 0.310 e. The van der Waals surface area contributed by atoms with E-state index in [1.165, 1.54) is 0 Å². The molecule has 1 aromatic carbocycles. The van der Waals surface area contributed by atoms with Gasteiger partial charge < -0.3 is 4.74 Å². The topological polar surface area (TPSA) is 26.3 Å². The van der Waals surface area contributed by atoms with Gasteiger partial charge in [-0.3, -0.25) is 4.79 Å². The van der Waals surface area contributed by atoms with Crippen molar-refractivity contribution in [1.29, 1.82) is 0 Å². The van der Waals surface area contributed by atoms with Gasteiger partial charge in [0.15, 0.2) is 23.3 Å². The number of esters is 1. The first-order chi connectivity index (χ1) is 11.0. The van der Waals surface area contributed by atoms with Crippen LogP contribution < -0.4 is 0 Å². The summed E-state index contributed by atoms with van der Waals surface area (Å²) in [7, 11) is 0. The van der Waals surface area contributed by atoms with E-state index in [2.05, 4.69) is 0 Å². The van der Waals surface area contributed by atoms with Crippen molar-refractivity contribution in [1.82, 2.24) is 0 Å². The van der Waals surface area contributed by atoms with Gasteiger partial charge in [0.2, 0.25) is 0 Å². The molecule has 2 atom stereocenters. The Kier molecular flexibility index (Phi) is 4.79. The van der Waals surface area contributed by atoms with Crippen LogP contribution in [0.4, 0.5) is 17.6 Å². The lowest BCUT2D eigenvalue weighted by atomic mass is 10.1. The molecule has 0 radical (unpaired) electrons. The fourth-order valence-corrected chi connectivity index (χ4v) is 2.94. The van der Waals surface area contributed by atoms with Gasteiger partial charge in [-0.1, -0.05) is 25.5 Å². The van der Waals surface area contributed by atoms with Gasteiger partial charge in [-0.15, -0.1) is 0 Å². The van der Waals surface area contributed by atoms with E-state index < -0.39 is 52.9 Å². The lowest BCUT2D eigenvalue weighted by Gasteiger charge is -2.10. The number of rotatable bonds is 4. The van der Waals surface area contributed by atoms with E-state index in [-0.39, 0.29) is 11.3 Å². The van der Waals surface area contributed by atoms with Gasteiger partial charge in [-0.2, -0.15) is 0 Å². The molecule has 1 saturated carbocycles. The van der Waals surface area contributed by atoms with Gasteiger partial charge in [0.25, 0.3) is 0 Å². The highest BCUT2D eigenvalue weighted by molar-refractivity contribution is 5.78. The number of allylic oxidation sites excluding steroid dienone is 2. The second kappa shape index (κ2) is 6.22. The standard InChI is InChI=1S/C18H20F4O2/c1-8(2)6-11-12(18(11,4)5)17(23)24-7-10-15(21)13(19)9(3)14(20)16(10)22/h6,11-12H,7H2,1-5H3/t11-,12-/m0/s1. The van der Waals surface area contributed by atoms with Crippen molar-refractivity contribution in [2.24, 2.45) is 17.3 Å². The van der Waals surface area contributed by atoms with Crippen LogP contribution >= 0.6 is 0 Å². The zero-order valence-corrected chi connectivity index (χ0v) is 14.3. The summed E-state index contributed by atoms with van der Waals surface area (Å²) < 4.78 is 59.6. The molecule has 0 heterocycles. The van der Waals surface area contributed by atoms with Crippen molar-refractivity contribution < 1.29 is 27.1 Å². The maximum Gasteiger partial charge on any atom is 0.310 e. The van der Waals surface area contributed by atoms with Crippen LogP contribution in [0.25, 0.3) is 0 Å². The molecule has 0 unspecified atom stereocenters. The molecule has 1 aliphatic carbocycles. The first-order valence-electron chi connectivity index (χ1n) is 7.63. The van der Waals surface area contributed by atoms with E-state index in [1.807, 2.05) is 33.8 Å². The number of carbonyl (C=O) groups is 1. The van der Waals surface area contributed by atoms with Gasteiger partial charge in [-0.25, -0.2) is 17.6 Å². The van der Waals surface area contributed by atoms with E-state index in [9.17, 15) is 22.4 Å². The van der Waals surface area contributed by atoms with Crippen LogP contribution in [-0.4, -0.2) is 5.97 Å². The Hall–Kier alpha value is -1.85. The lowest BCUT2D eigenvalue weighted by Crippen LogP contribution is -2.14. The van der Waals surface area contributed by atoms with Crippen molar-refractivity contribution in [3.05, 3.63) is 46.0 Å². The summed E-state index contributed by atoms with van der Waals surface area (Å²) >= 11 is 0. The summed E-state index contributed by atoms with van der Waals surface area (Å²) in [5.74, 6) is -7.13. The zero-order valence-electron chi connectivity index (χ0n) is 14.3. The number of benzene rings is 1. The first-order valence-corrected chi connectivity index (χ1v) is 7.63. The predicted molar refractivity (Wildman–Crippen MR) is 81.0 cm³/mol. The molecule has 2 rings (SSSR count). The summed E-state index contributed by atoms with van der Waals surface area (Å²) in [6.07, 6.45) is 1.94. The Morgan fingerprint density at radius 2 is 1.58 bits per heavy atom. The summed E-state index contributed by atoms with van der Waals surface area (Å²) in [5, 5.41) is 0. The van der Waals surface area contributed by atoms with E-state index in [1.54, 1.807) is 0 Å². The third kappa shape index (κ3) is 3.06. The van der Waals surface area contributed by atoms with Crippen LogP contribution in [0.3, 0.4) is 0 Å². The summed E-state index contributed by atoms with van der Waals surface area (Å²) in [6.45, 7) is 7.66. The van der Waals surface area contributed by atoms with Crippen molar-refractivity contribution in [3.63, 3.8) is 0 Å². The molecule has 0 spiro atoms. The Labute approximate surface area is 138 Å². The van der Waals surface area contributed by atoms with Crippen molar-refractivity contribution in [2.75, 3.05) is 0 Å². The number of ether oxygens (including phenoxy) is 1. The van der Waals surface area contributed by atoms with Crippen LogP contribution in [0, 0.1) is 47.4 Å². The zero-order chi connectivity index (χ0) is 18.4. The number of carbonyl (C=O) groups excluding carboxylic acids is 1. The predicted octanol–water partition coefficient (Wildman–Crippen LogP) is 4.83. The van der Waals surface area contributed by atoms with Gasteiger partial charge in [0, 0.05) is 5.56 Å². The van der Waals surface area contributed by atoms with Crippen LogP contribution in [0.1, 0.15) is 38.8 Å². The fourth-order valence-electron chi connectivity index (χ4n) is 2.94. The van der Waals surface area contributed by atoms with E-state index in [4.69, 9.17) is 4.74 Å². The maximum absolute atomic E-state index is 13.8. The highest BCUT2D eigenvalue weighted by atomic mass is 19.2. The molecular weight excluding hydrogens is 324 g/mol. The Morgan fingerprint density at radius 1 is 1.08 bits per heavy atom. The fraction of sp³-hybridized carbons (Fsp3) is 0.500. The van der Waals surface area contributed by atoms with Crippen LogP contribution in [-0.2, 0) is 16.1 Å². The van der Waals surface area contributed by atoms with E-state index in [0.29, 0.717) is 0 Å². The van der Waals surface area contributed by atoms with Crippen molar-refractivity contribution in [3.8, 4) is 0 Å². The Morgan fingerprint density at radius 3 is 2.04 bits per heavy atom. The SMILES string of the molecule is CC(C)=C[C@H]1[C@@H](C(=O)OCc2c(F)c(F)c(C)c(F)c2F)C1(C)C. The molecule has 0 aromatic heterocycles. The minimum absolute atomic E-state index is 0.0313. The average molecular weight is 344 g/mol. The molecule has 1 aliphatic rings. The van der Waals surface area contributed by atoms with Gasteiger partial charge >= 0.3 is 5.97 Å². The van der Waals surface area contributed by atoms with Gasteiger partial charge in [0.1, 0.15) is 6.61 Å². The number of hydrogen-bond acceptors (Lipinski definition) is 2. The third-order valence-electron chi connectivity index (χ3n) is 4.61. The molecule has 0 aliphatic heterocycles. The van der Waals surface area contributed by atoms with Crippen LogP contribution in [0.2, 0.25) is 0 Å². The molecule has 0 bridgehead atoms. The molecule has 0 amide bonds. The monoisotopic (exact) mass is 344 g/mol. The van der Waals surface area contributed by atoms with Gasteiger partial charge in [-0.05, 0) is 32.1 Å². The highest BCUT2D eigenvalue weighted by Crippen LogP contribution is 2.59. The van der Waals surface area contributed by atoms with Crippen molar-refractivity contribution in [2.45, 2.75) is 41.2 Å². The first kappa shape index (κ1) is 18.5. The minimum Gasteiger partial charge on any atom is -0.460 e. The highest BCUT2D eigenvalue weighted by Gasteiger charge is 2.61. The molecular formula is C18H20F4O2. The maximum atomic E-state index is 13.8. The van der Waals surface area contributed by atoms with E-state index in [0.717, 1.165) is 12.5 Å². The number of hydrogen-bond donors (Lipinski definition) is 0. The minimum atomic E-state index is -1.53. The molecule has 24 heavy (non-hydrogen) atoms. The largest absolute Gasteiger partial charge is 0.460 e. The molecule has 1 aromatic rings. The second-order valence-electron chi connectivity index (χ2n) is 7.04. The molecule has 0 N–H and O–H groups in total. The molecule has 2 nitrogen and oxygen atoms in total. The van der Waals surface area contributed by atoms with Crippen LogP contribution in [0.5, 0.6) is 0 Å². The number of halogens is 4. The summed E-state index contributed by atoms with van der Waals surface area (Å²) in [5.41, 5.74) is -0.939. The van der Waals surface area contributed by atoms with Crippen LogP contribution in [0.15, 0.2) is 11.6 Å². The normalized spacial score (nSPS) is 21.4. The summed E-state index contributed by atoms with van der Waals surface area (Å²) in [6, 6.07) is 0.